The van der Waals surface area contributed by atoms with E-state index >= 15 is 0 Å². The van der Waals surface area contributed by atoms with Gasteiger partial charge in [0.25, 0.3) is 0 Å². The van der Waals surface area contributed by atoms with E-state index in [1.165, 1.54) is 0 Å². The Morgan fingerprint density at radius 2 is 1.94 bits per heavy atom. The summed E-state index contributed by atoms with van der Waals surface area (Å²) in [6, 6.07) is 2.21. The van der Waals surface area contributed by atoms with Crippen LogP contribution in [0, 0.1) is 17.2 Å². The molecule has 5 heteroatoms. The van der Waals surface area contributed by atoms with Crippen LogP contribution in [0.2, 0.25) is 0 Å². The molecule has 0 aromatic carbocycles. The molecule has 0 aromatic rings. The summed E-state index contributed by atoms with van der Waals surface area (Å²) in [5.41, 5.74) is 0. The Bertz CT molecular complexity index is 257. The number of nitrogens with zero attached hydrogens (tertiary/aromatic N) is 2. The first-order valence-electron chi connectivity index (χ1n) is 5.60. The highest BCUT2D eigenvalue weighted by molar-refractivity contribution is 4.95. The maximum absolute atomic E-state index is 12.1. The van der Waals surface area contributed by atoms with E-state index in [0.717, 1.165) is 25.7 Å². The lowest BCUT2D eigenvalue weighted by molar-refractivity contribution is -0.138. The van der Waals surface area contributed by atoms with Crippen LogP contribution in [-0.2, 0) is 0 Å². The van der Waals surface area contributed by atoms with E-state index in [2.05, 4.69) is 6.07 Å². The van der Waals surface area contributed by atoms with E-state index in [1.807, 2.05) is 0 Å². The molecule has 16 heavy (non-hydrogen) atoms. The summed E-state index contributed by atoms with van der Waals surface area (Å²) in [6.07, 6.45) is -1.21. The van der Waals surface area contributed by atoms with E-state index < -0.39 is 12.6 Å². The van der Waals surface area contributed by atoms with Gasteiger partial charge in [-0.25, -0.2) is 0 Å². The number of hydrogen-bond acceptors (Lipinski definition) is 2. The molecule has 0 aromatic heterocycles. The van der Waals surface area contributed by atoms with E-state index in [0.29, 0.717) is 0 Å². The van der Waals surface area contributed by atoms with Gasteiger partial charge in [0, 0.05) is 12.6 Å². The van der Waals surface area contributed by atoms with Gasteiger partial charge in [-0.1, -0.05) is 12.8 Å². The zero-order valence-electron chi connectivity index (χ0n) is 9.43. The molecule has 1 fully saturated rings. The average molecular weight is 234 g/mol. The molecule has 0 spiro atoms. The van der Waals surface area contributed by atoms with E-state index in [-0.39, 0.29) is 18.5 Å². The third-order valence-electron chi connectivity index (χ3n) is 3.21. The molecule has 0 amide bonds. The molecule has 1 aliphatic carbocycles. The fraction of sp³-hybridized carbons (Fsp3) is 0.909. The molecule has 1 rings (SSSR count). The van der Waals surface area contributed by atoms with Crippen LogP contribution in [0.5, 0.6) is 0 Å². The molecular weight excluding hydrogens is 217 g/mol. The lowest BCUT2D eigenvalue weighted by atomic mass is 9.84. The lowest BCUT2D eigenvalue weighted by Gasteiger charge is -2.34. The van der Waals surface area contributed by atoms with Crippen molar-refractivity contribution in [1.29, 1.82) is 5.26 Å². The molecule has 2 atom stereocenters. The predicted octanol–water partition coefficient (Wildman–Crippen LogP) is 2.95. The largest absolute Gasteiger partial charge is 0.390 e. The molecule has 0 radical (unpaired) electrons. The molecule has 0 saturated heterocycles. The molecule has 1 aliphatic rings. The minimum atomic E-state index is -4.11. The Hall–Kier alpha value is -0.760. The van der Waals surface area contributed by atoms with Crippen molar-refractivity contribution >= 4 is 0 Å². The van der Waals surface area contributed by atoms with Crippen molar-refractivity contribution in [2.75, 3.05) is 13.6 Å². The summed E-state index contributed by atoms with van der Waals surface area (Å²) in [7, 11) is 1.69. The summed E-state index contributed by atoms with van der Waals surface area (Å²) in [4.78, 5) is 1.69. The molecule has 2 nitrogen and oxygen atoms in total. The highest BCUT2D eigenvalue weighted by Gasteiger charge is 2.32. The van der Waals surface area contributed by atoms with Gasteiger partial charge in [0.1, 0.15) is 0 Å². The Morgan fingerprint density at radius 1 is 1.31 bits per heavy atom. The second-order valence-electron chi connectivity index (χ2n) is 4.43. The first kappa shape index (κ1) is 13.3. The van der Waals surface area contributed by atoms with Crippen LogP contribution in [0.25, 0.3) is 0 Å². The van der Waals surface area contributed by atoms with Gasteiger partial charge in [-0.3, -0.25) is 0 Å². The Morgan fingerprint density at radius 3 is 2.50 bits per heavy atom. The number of hydrogen-bond donors (Lipinski definition) is 0. The van der Waals surface area contributed by atoms with Gasteiger partial charge in [-0.15, -0.1) is 0 Å². The molecular formula is C11H17F3N2. The summed E-state index contributed by atoms with van der Waals surface area (Å²) < 4.78 is 36.2. The van der Waals surface area contributed by atoms with Crippen molar-refractivity contribution in [1.82, 2.24) is 4.90 Å². The standard InChI is InChI=1S/C11H17F3N2/c1-16(7-6-11(12,13)14)10-5-3-2-4-9(10)8-15/h9-10H,2-7H2,1H3. The second kappa shape index (κ2) is 5.53. The van der Waals surface area contributed by atoms with E-state index in [9.17, 15) is 13.2 Å². The SMILES string of the molecule is CN(CCC(F)(F)F)C1CCCCC1C#N. The first-order valence-corrected chi connectivity index (χ1v) is 5.60. The third kappa shape index (κ3) is 4.01. The van der Waals surface area contributed by atoms with Crippen LogP contribution < -0.4 is 0 Å². The fourth-order valence-corrected chi connectivity index (χ4v) is 2.26. The summed E-state index contributed by atoms with van der Waals surface area (Å²) in [5, 5.41) is 8.94. The van der Waals surface area contributed by atoms with Crippen molar-refractivity contribution in [2.24, 2.45) is 5.92 Å². The molecule has 1 saturated carbocycles. The minimum absolute atomic E-state index is 0.00102. The average Bonchev–Trinajstić information content (AvgIpc) is 2.25. The van der Waals surface area contributed by atoms with Gasteiger partial charge in [0.15, 0.2) is 0 Å². The zero-order valence-corrected chi connectivity index (χ0v) is 9.43. The quantitative estimate of drug-likeness (QED) is 0.750. The van der Waals surface area contributed by atoms with Crippen LogP contribution in [0.4, 0.5) is 13.2 Å². The van der Waals surface area contributed by atoms with E-state index in [4.69, 9.17) is 5.26 Å². The monoisotopic (exact) mass is 234 g/mol. The van der Waals surface area contributed by atoms with Crippen LogP contribution in [0.1, 0.15) is 32.1 Å². The zero-order chi connectivity index (χ0) is 12.2. The van der Waals surface area contributed by atoms with Crippen molar-refractivity contribution in [3.63, 3.8) is 0 Å². The van der Waals surface area contributed by atoms with Crippen LogP contribution in [0.15, 0.2) is 0 Å². The Labute approximate surface area is 94.0 Å². The molecule has 92 valence electrons. The molecule has 0 N–H and O–H groups in total. The van der Waals surface area contributed by atoms with Crippen LogP contribution in [0.3, 0.4) is 0 Å². The van der Waals surface area contributed by atoms with Crippen molar-refractivity contribution in [3.05, 3.63) is 0 Å². The summed E-state index contributed by atoms with van der Waals surface area (Å²) in [6.45, 7) is -0.00759. The summed E-state index contributed by atoms with van der Waals surface area (Å²) in [5.74, 6) is -0.105. The van der Waals surface area contributed by atoms with Crippen molar-refractivity contribution in [2.45, 2.75) is 44.3 Å². The van der Waals surface area contributed by atoms with Crippen molar-refractivity contribution < 1.29 is 13.2 Å². The molecule has 0 bridgehead atoms. The molecule has 2 unspecified atom stereocenters. The first-order chi connectivity index (χ1) is 7.44. The van der Waals surface area contributed by atoms with Gasteiger partial charge in [0.05, 0.1) is 18.4 Å². The third-order valence-corrected chi connectivity index (χ3v) is 3.21. The number of alkyl halides is 3. The maximum Gasteiger partial charge on any atom is 0.390 e. The second-order valence-corrected chi connectivity index (χ2v) is 4.43. The Balaban J connectivity index is 2.45. The maximum atomic E-state index is 12.1. The van der Waals surface area contributed by atoms with Crippen LogP contribution >= 0.6 is 0 Å². The number of halogens is 3. The topological polar surface area (TPSA) is 27.0 Å². The van der Waals surface area contributed by atoms with Crippen LogP contribution in [-0.4, -0.2) is 30.7 Å². The lowest BCUT2D eigenvalue weighted by Crippen LogP contribution is -2.41. The fourth-order valence-electron chi connectivity index (χ4n) is 2.26. The van der Waals surface area contributed by atoms with Gasteiger partial charge < -0.3 is 4.90 Å². The van der Waals surface area contributed by atoms with E-state index in [1.54, 1.807) is 11.9 Å². The number of nitriles is 1. The number of rotatable bonds is 3. The van der Waals surface area contributed by atoms with Crippen molar-refractivity contribution in [3.8, 4) is 6.07 Å². The Kier molecular flexibility index (Phi) is 4.60. The van der Waals surface area contributed by atoms with Gasteiger partial charge >= 0.3 is 6.18 Å². The highest BCUT2D eigenvalue weighted by Crippen LogP contribution is 2.28. The van der Waals surface area contributed by atoms with Gasteiger partial charge in [-0.2, -0.15) is 18.4 Å². The molecule has 0 aliphatic heterocycles. The minimum Gasteiger partial charge on any atom is -0.302 e. The predicted molar refractivity (Wildman–Crippen MR) is 54.7 cm³/mol. The highest BCUT2D eigenvalue weighted by atomic mass is 19.4. The van der Waals surface area contributed by atoms with Gasteiger partial charge in [-0.05, 0) is 19.9 Å². The normalized spacial score (nSPS) is 26.8. The smallest absolute Gasteiger partial charge is 0.302 e. The van der Waals surface area contributed by atoms with Gasteiger partial charge in [0.2, 0.25) is 0 Å². The molecule has 0 heterocycles. The summed E-state index contributed by atoms with van der Waals surface area (Å²) >= 11 is 0.